The maximum Gasteiger partial charge on any atom is 0.137 e. The van der Waals surface area contributed by atoms with Crippen molar-refractivity contribution in [2.24, 2.45) is 0 Å². The summed E-state index contributed by atoms with van der Waals surface area (Å²) in [5.41, 5.74) is 0. The maximum atomic E-state index is 9.14. The first-order valence-electron chi connectivity index (χ1n) is 3.05. The van der Waals surface area contributed by atoms with Crippen LogP contribution in [0, 0.1) is 0 Å². The summed E-state index contributed by atoms with van der Waals surface area (Å²) in [6.07, 6.45) is 3.80. The fraction of sp³-hybridized carbons (Fsp3) is 0.667. The van der Waals surface area contributed by atoms with Crippen molar-refractivity contribution >= 4 is 0 Å². The van der Waals surface area contributed by atoms with Gasteiger partial charge in [-0.2, -0.15) is 0 Å². The minimum atomic E-state index is -0.367. The molecule has 0 aromatic carbocycles. The van der Waals surface area contributed by atoms with Crippen LogP contribution in [0.25, 0.3) is 0 Å². The van der Waals surface area contributed by atoms with Crippen LogP contribution in [-0.4, -0.2) is 23.4 Å². The van der Waals surface area contributed by atoms with Gasteiger partial charge in [-0.25, -0.2) is 9.78 Å². The molecular formula is C6H8O3. The first-order chi connectivity index (χ1) is 4.36. The number of aliphatic hydroxyl groups is 1. The molecule has 1 fully saturated rings. The number of hydrogen-bond donors (Lipinski definition) is 1. The summed E-state index contributed by atoms with van der Waals surface area (Å²) >= 11 is 0. The second-order valence-electron chi connectivity index (χ2n) is 2.38. The fourth-order valence-corrected chi connectivity index (χ4v) is 1.12. The molecule has 3 heteroatoms. The molecule has 2 aliphatic heterocycles. The third-order valence-electron chi connectivity index (χ3n) is 1.66. The van der Waals surface area contributed by atoms with Crippen molar-refractivity contribution in [2.75, 3.05) is 0 Å². The Kier molecular flexibility index (Phi) is 1.08. The van der Waals surface area contributed by atoms with Crippen LogP contribution in [0.15, 0.2) is 12.2 Å². The minimum absolute atomic E-state index is 0.0231. The Balaban J connectivity index is 2.20. The zero-order chi connectivity index (χ0) is 6.27. The van der Waals surface area contributed by atoms with Gasteiger partial charge in [-0.15, -0.1) is 0 Å². The molecule has 0 aromatic heterocycles. The average molecular weight is 128 g/mol. The van der Waals surface area contributed by atoms with E-state index in [0.29, 0.717) is 6.42 Å². The molecule has 2 heterocycles. The molecule has 2 bridgehead atoms. The second-order valence-corrected chi connectivity index (χ2v) is 2.38. The van der Waals surface area contributed by atoms with Crippen LogP contribution >= 0.6 is 0 Å². The van der Waals surface area contributed by atoms with Crippen LogP contribution in [0.1, 0.15) is 6.42 Å². The third kappa shape index (κ3) is 0.775. The van der Waals surface area contributed by atoms with Gasteiger partial charge in [0.1, 0.15) is 12.2 Å². The molecule has 3 nitrogen and oxygen atoms in total. The predicted octanol–water partition coefficient (Wildman–Crippen LogP) is 0.00620. The van der Waals surface area contributed by atoms with Gasteiger partial charge >= 0.3 is 0 Å². The Hall–Kier alpha value is -0.380. The van der Waals surface area contributed by atoms with E-state index in [2.05, 4.69) is 0 Å². The molecule has 3 rings (SSSR count). The summed E-state index contributed by atoms with van der Waals surface area (Å²) in [6.45, 7) is 0. The molecule has 50 valence electrons. The molecule has 0 aromatic rings. The summed E-state index contributed by atoms with van der Waals surface area (Å²) in [6, 6.07) is 0. The van der Waals surface area contributed by atoms with E-state index in [0.717, 1.165) is 0 Å². The molecule has 3 aliphatic rings. The van der Waals surface area contributed by atoms with E-state index in [9.17, 15) is 0 Å². The zero-order valence-electron chi connectivity index (χ0n) is 4.86. The SMILES string of the molecule is O[C@H]1C[C@@H]2C=C[C@H]1OO2. The highest BCUT2D eigenvalue weighted by molar-refractivity contribution is 5.05. The Labute approximate surface area is 52.8 Å². The number of rotatable bonds is 0. The highest BCUT2D eigenvalue weighted by atomic mass is 17.2. The zero-order valence-corrected chi connectivity index (χ0v) is 4.86. The van der Waals surface area contributed by atoms with Crippen LogP contribution in [0.2, 0.25) is 0 Å². The molecule has 0 saturated carbocycles. The van der Waals surface area contributed by atoms with Gasteiger partial charge in [0, 0.05) is 6.42 Å². The second kappa shape index (κ2) is 1.80. The molecule has 3 atom stereocenters. The number of aliphatic hydroxyl groups excluding tert-OH is 1. The van der Waals surface area contributed by atoms with E-state index >= 15 is 0 Å². The summed E-state index contributed by atoms with van der Waals surface area (Å²) in [7, 11) is 0. The predicted molar refractivity (Wildman–Crippen MR) is 29.5 cm³/mol. The quantitative estimate of drug-likeness (QED) is 0.369. The highest BCUT2D eigenvalue weighted by Gasteiger charge is 2.32. The summed E-state index contributed by atoms with van der Waals surface area (Å²) in [4.78, 5) is 9.55. The van der Waals surface area contributed by atoms with Gasteiger partial charge in [-0.3, -0.25) is 0 Å². The number of hydrogen-bond acceptors (Lipinski definition) is 3. The number of fused-ring (bicyclic) bond motifs is 2. The topological polar surface area (TPSA) is 38.7 Å². The van der Waals surface area contributed by atoms with Crippen molar-refractivity contribution in [3.05, 3.63) is 12.2 Å². The van der Waals surface area contributed by atoms with Crippen LogP contribution in [0.4, 0.5) is 0 Å². The molecule has 0 spiro atoms. The summed E-state index contributed by atoms with van der Waals surface area (Å²) in [5, 5.41) is 9.14. The van der Waals surface area contributed by atoms with Gasteiger partial charge < -0.3 is 5.11 Å². The molecule has 0 radical (unpaired) electrons. The van der Waals surface area contributed by atoms with Crippen LogP contribution in [0.3, 0.4) is 0 Å². The van der Waals surface area contributed by atoms with Crippen molar-refractivity contribution in [1.82, 2.24) is 0 Å². The molecule has 1 saturated heterocycles. The standard InChI is InChI=1S/C6H8O3/c7-5-3-4-1-2-6(5)9-8-4/h1-2,4-7H,3H2/t4-,5-,6+/m0/s1. The Morgan fingerprint density at radius 1 is 1.33 bits per heavy atom. The van der Waals surface area contributed by atoms with Gasteiger partial charge in [0.15, 0.2) is 0 Å². The lowest BCUT2D eigenvalue weighted by molar-refractivity contribution is -0.379. The average Bonchev–Trinajstić information content (AvgIpc) is 1.90. The van der Waals surface area contributed by atoms with Crippen LogP contribution in [0.5, 0.6) is 0 Å². The van der Waals surface area contributed by atoms with Gasteiger partial charge in [-0.05, 0) is 0 Å². The molecule has 1 N–H and O–H groups in total. The first kappa shape index (κ1) is 5.41. The van der Waals surface area contributed by atoms with Gasteiger partial charge in [0.25, 0.3) is 0 Å². The maximum absolute atomic E-state index is 9.14. The minimum Gasteiger partial charge on any atom is -0.390 e. The summed E-state index contributed by atoms with van der Waals surface area (Å²) in [5.74, 6) is 0. The van der Waals surface area contributed by atoms with Crippen molar-refractivity contribution in [1.29, 1.82) is 0 Å². The van der Waals surface area contributed by atoms with E-state index in [1.807, 2.05) is 12.2 Å². The smallest absolute Gasteiger partial charge is 0.137 e. The summed E-state index contributed by atoms with van der Waals surface area (Å²) < 4.78 is 0. The largest absolute Gasteiger partial charge is 0.390 e. The van der Waals surface area contributed by atoms with Crippen LogP contribution < -0.4 is 0 Å². The van der Waals surface area contributed by atoms with Gasteiger partial charge in [0.2, 0.25) is 0 Å². The first-order valence-corrected chi connectivity index (χ1v) is 3.05. The molecule has 1 aliphatic carbocycles. The van der Waals surface area contributed by atoms with Crippen molar-refractivity contribution in [3.8, 4) is 0 Å². The van der Waals surface area contributed by atoms with Gasteiger partial charge in [-0.1, -0.05) is 12.2 Å². The normalized spacial score (nSPS) is 47.9. The Morgan fingerprint density at radius 2 is 2.22 bits per heavy atom. The lowest BCUT2D eigenvalue weighted by Gasteiger charge is -2.33. The van der Waals surface area contributed by atoms with E-state index in [-0.39, 0.29) is 18.3 Å². The van der Waals surface area contributed by atoms with E-state index < -0.39 is 0 Å². The molecule has 0 unspecified atom stereocenters. The van der Waals surface area contributed by atoms with E-state index in [4.69, 9.17) is 14.9 Å². The molecule has 0 amide bonds. The van der Waals surface area contributed by atoms with E-state index in [1.165, 1.54) is 0 Å². The lowest BCUT2D eigenvalue weighted by Crippen LogP contribution is -2.41. The monoisotopic (exact) mass is 128 g/mol. The van der Waals surface area contributed by atoms with Gasteiger partial charge in [0.05, 0.1) is 6.10 Å². The van der Waals surface area contributed by atoms with E-state index in [1.54, 1.807) is 0 Å². The Morgan fingerprint density at radius 3 is 2.44 bits per heavy atom. The van der Waals surface area contributed by atoms with Crippen molar-refractivity contribution in [3.63, 3.8) is 0 Å². The molecular weight excluding hydrogens is 120 g/mol. The third-order valence-corrected chi connectivity index (χ3v) is 1.66. The van der Waals surface area contributed by atoms with Crippen molar-refractivity contribution in [2.45, 2.75) is 24.7 Å². The van der Waals surface area contributed by atoms with Crippen molar-refractivity contribution < 1.29 is 14.9 Å². The fourth-order valence-electron chi connectivity index (χ4n) is 1.12. The Bertz CT molecular complexity index is 143. The molecule has 9 heavy (non-hydrogen) atoms. The van der Waals surface area contributed by atoms with Crippen LogP contribution in [-0.2, 0) is 9.78 Å². The highest BCUT2D eigenvalue weighted by Crippen LogP contribution is 2.24. The lowest BCUT2D eigenvalue weighted by atomic mass is 9.99.